The van der Waals surface area contributed by atoms with Crippen LogP contribution in [0.1, 0.15) is 11.3 Å². The summed E-state index contributed by atoms with van der Waals surface area (Å²) >= 11 is 1.35. The average Bonchev–Trinajstić information content (AvgIpc) is 2.95. The molecule has 0 bridgehead atoms. The van der Waals surface area contributed by atoms with E-state index < -0.39 is 0 Å². The van der Waals surface area contributed by atoms with E-state index in [-0.39, 0.29) is 18.0 Å². The molecule has 24 heavy (non-hydrogen) atoms. The third-order valence-corrected chi connectivity index (χ3v) is 4.28. The van der Waals surface area contributed by atoms with Crippen LogP contribution in [0.3, 0.4) is 0 Å². The highest BCUT2D eigenvalue weighted by atomic mass is 32.1. The number of carbonyl (C=O) groups excluding carboxylic acids is 1. The van der Waals surface area contributed by atoms with Gasteiger partial charge in [0.05, 0.1) is 17.7 Å². The number of benzene rings is 1. The monoisotopic (exact) mass is 340 g/mol. The van der Waals surface area contributed by atoms with Crippen LogP contribution in [-0.4, -0.2) is 20.4 Å². The Morgan fingerprint density at radius 2 is 2.00 bits per heavy atom. The Morgan fingerprint density at radius 1 is 1.25 bits per heavy atom. The van der Waals surface area contributed by atoms with E-state index in [0.717, 1.165) is 16.8 Å². The molecule has 0 unspecified atom stereocenters. The zero-order valence-corrected chi connectivity index (χ0v) is 14.1. The predicted octanol–water partition coefficient (Wildman–Crippen LogP) is 2.62. The molecule has 0 aliphatic rings. The fourth-order valence-electron chi connectivity index (χ4n) is 2.15. The molecule has 0 fully saturated rings. The maximum absolute atomic E-state index is 12.2. The van der Waals surface area contributed by atoms with Gasteiger partial charge in [0, 0.05) is 17.0 Å². The van der Waals surface area contributed by atoms with Crippen molar-refractivity contribution < 1.29 is 4.79 Å². The molecule has 0 radical (unpaired) electrons. The van der Waals surface area contributed by atoms with Gasteiger partial charge in [0.15, 0.2) is 5.13 Å². The Bertz CT molecular complexity index is 928. The van der Waals surface area contributed by atoms with E-state index in [1.165, 1.54) is 28.3 Å². The SMILES string of the molecule is Cc1ccc(-c2cc(=O)n(CC(=O)Nc3nc(C)cs3)cn2)cc1. The number of aryl methyl sites for hydroxylation is 2. The number of rotatable bonds is 4. The fraction of sp³-hybridized carbons (Fsp3) is 0.176. The summed E-state index contributed by atoms with van der Waals surface area (Å²) in [6.07, 6.45) is 1.39. The number of aromatic nitrogens is 3. The van der Waals surface area contributed by atoms with Crippen molar-refractivity contribution in [2.24, 2.45) is 0 Å². The van der Waals surface area contributed by atoms with Gasteiger partial charge >= 0.3 is 0 Å². The number of amides is 1. The standard InChI is InChI=1S/C17H16N4O2S/c1-11-3-5-13(6-4-11)14-7-16(23)21(10-18-14)8-15(22)20-17-19-12(2)9-24-17/h3-7,9-10H,8H2,1-2H3,(H,19,20,22). The summed E-state index contributed by atoms with van der Waals surface area (Å²) in [6.45, 7) is 3.75. The molecule has 0 atom stereocenters. The number of anilines is 1. The van der Waals surface area contributed by atoms with Gasteiger partial charge in [0.1, 0.15) is 6.54 Å². The number of hydrogen-bond acceptors (Lipinski definition) is 5. The summed E-state index contributed by atoms with van der Waals surface area (Å²) in [7, 11) is 0. The first-order valence-corrected chi connectivity index (χ1v) is 8.25. The lowest BCUT2D eigenvalue weighted by Crippen LogP contribution is -2.27. The lowest BCUT2D eigenvalue weighted by molar-refractivity contribution is -0.116. The summed E-state index contributed by atoms with van der Waals surface area (Å²) in [4.78, 5) is 32.6. The highest BCUT2D eigenvalue weighted by Gasteiger charge is 2.09. The van der Waals surface area contributed by atoms with Crippen LogP contribution in [0.2, 0.25) is 0 Å². The lowest BCUT2D eigenvalue weighted by Gasteiger charge is -2.06. The zero-order chi connectivity index (χ0) is 17.1. The van der Waals surface area contributed by atoms with E-state index >= 15 is 0 Å². The van der Waals surface area contributed by atoms with Crippen LogP contribution < -0.4 is 10.9 Å². The quantitative estimate of drug-likeness (QED) is 0.792. The van der Waals surface area contributed by atoms with Gasteiger partial charge in [-0.15, -0.1) is 11.3 Å². The molecule has 0 saturated carbocycles. The molecule has 3 aromatic rings. The molecule has 7 heteroatoms. The number of thiazole rings is 1. The van der Waals surface area contributed by atoms with Crippen LogP contribution in [0, 0.1) is 13.8 Å². The van der Waals surface area contributed by atoms with E-state index in [4.69, 9.17) is 0 Å². The minimum absolute atomic E-state index is 0.0986. The van der Waals surface area contributed by atoms with E-state index in [1.54, 1.807) is 0 Å². The second-order valence-corrected chi connectivity index (χ2v) is 6.31. The van der Waals surface area contributed by atoms with Crippen LogP contribution in [0.4, 0.5) is 5.13 Å². The molecule has 2 aromatic heterocycles. The molecule has 122 valence electrons. The zero-order valence-electron chi connectivity index (χ0n) is 13.3. The summed E-state index contributed by atoms with van der Waals surface area (Å²) in [5, 5.41) is 5.04. The van der Waals surface area contributed by atoms with Crippen molar-refractivity contribution in [1.82, 2.24) is 14.5 Å². The van der Waals surface area contributed by atoms with Crippen LogP contribution >= 0.6 is 11.3 Å². The maximum Gasteiger partial charge on any atom is 0.254 e. The molecule has 6 nitrogen and oxygen atoms in total. The Balaban J connectivity index is 1.74. The number of nitrogens with one attached hydrogen (secondary N) is 1. The molecule has 0 aliphatic heterocycles. The molecule has 2 heterocycles. The van der Waals surface area contributed by atoms with Crippen molar-refractivity contribution in [2.45, 2.75) is 20.4 Å². The van der Waals surface area contributed by atoms with Crippen molar-refractivity contribution in [3.8, 4) is 11.3 Å². The van der Waals surface area contributed by atoms with Crippen molar-refractivity contribution in [1.29, 1.82) is 0 Å². The Hall–Kier alpha value is -2.80. The molecule has 3 rings (SSSR count). The van der Waals surface area contributed by atoms with Crippen LogP contribution in [-0.2, 0) is 11.3 Å². The van der Waals surface area contributed by atoms with Gasteiger partial charge < -0.3 is 5.32 Å². The van der Waals surface area contributed by atoms with Gasteiger partial charge in [0.25, 0.3) is 5.56 Å². The van der Waals surface area contributed by atoms with E-state index in [0.29, 0.717) is 10.8 Å². The van der Waals surface area contributed by atoms with Crippen LogP contribution in [0.15, 0.2) is 46.8 Å². The third-order valence-electron chi connectivity index (χ3n) is 3.41. The molecular formula is C17H16N4O2S. The van der Waals surface area contributed by atoms with Gasteiger partial charge in [-0.25, -0.2) is 9.97 Å². The van der Waals surface area contributed by atoms with Gasteiger partial charge in [-0.2, -0.15) is 0 Å². The van der Waals surface area contributed by atoms with Gasteiger partial charge in [-0.05, 0) is 13.8 Å². The molecule has 0 spiro atoms. The normalized spacial score (nSPS) is 10.6. The van der Waals surface area contributed by atoms with Crippen LogP contribution in [0.25, 0.3) is 11.3 Å². The molecule has 0 aliphatic carbocycles. The van der Waals surface area contributed by atoms with Crippen LogP contribution in [0.5, 0.6) is 0 Å². The highest BCUT2D eigenvalue weighted by Crippen LogP contribution is 2.16. The van der Waals surface area contributed by atoms with E-state index in [1.807, 2.05) is 43.5 Å². The molecule has 1 N–H and O–H groups in total. The fourth-order valence-corrected chi connectivity index (χ4v) is 2.86. The first-order chi connectivity index (χ1) is 11.5. The largest absolute Gasteiger partial charge is 0.300 e. The second-order valence-electron chi connectivity index (χ2n) is 5.45. The minimum atomic E-state index is -0.309. The van der Waals surface area contributed by atoms with Gasteiger partial charge in [-0.1, -0.05) is 29.8 Å². The molecule has 1 aromatic carbocycles. The van der Waals surface area contributed by atoms with Crippen molar-refractivity contribution >= 4 is 22.4 Å². The smallest absolute Gasteiger partial charge is 0.254 e. The summed E-state index contributed by atoms with van der Waals surface area (Å²) in [5.74, 6) is -0.309. The summed E-state index contributed by atoms with van der Waals surface area (Å²) in [5.41, 5.74) is 3.17. The Labute approximate surface area is 142 Å². The maximum atomic E-state index is 12.2. The number of nitrogens with zero attached hydrogens (tertiary/aromatic N) is 3. The predicted molar refractivity (Wildman–Crippen MR) is 94.2 cm³/mol. The molecule has 0 saturated heterocycles. The highest BCUT2D eigenvalue weighted by molar-refractivity contribution is 7.13. The topological polar surface area (TPSA) is 76.9 Å². The first kappa shape index (κ1) is 16.1. The molecule has 1 amide bonds. The molecular weight excluding hydrogens is 324 g/mol. The van der Waals surface area contributed by atoms with Crippen molar-refractivity contribution in [3.05, 3.63) is 63.7 Å². The Kier molecular flexibility index (Phi) is 4.52. The summed E-state index contributed by atoms with van der Waals surface area (Å²) < 4.78 is 1.27. The van der Waals surface area contributed by atoms with E-state index in [2.05, 4.69) is 15.3 Å². The summed E-state index contributed by atoms with van der Waals surface area (Å²) in [6, 6.07) is 9.20. The first-order valence-electron chi connectivity index (χ1n) is 7.37. The second kappa shape index (κ2) is 6.76. The third kappa shape index (κ3) is 3.75. The van der Waals surface area contributed by atoms with Gasteiger partial charge in [0.2, 0.25) is 5.91 Å². The number of carbonyl (C=O) groups is 1. The van der Waals surface area contributed by atoms with Crippen molar-refractivity contribution in [3.63, 3.8) is 0 Å². The van der Waals surface area contributed by atoms with E-state index in [9.17, 15) is 9.59 Å². The average molecular weight is 340 g/mol. The van der Waals surface area contributed by atoms with Crippen molar-refractivity contribution in [2.75, 3.05) is 5.32 Å². The minimum Gasteiger partial charge on any atom is -0.300 e. The Morgan fingerprint density at radius 3 is 2.62 bits per heavy atom. The lowest BCUT2D eigenvalue weighted by atomic mass is 10.1. The number of hydrogen-bond donors (Lipinski definition) is 1. The van der Waals surface area contributed by atoms with Gasteiger partial charge in [-0.3, -0.25) is 14.2 Å².